The minimum atomic E-state index is -4.42. The van der Waals surface area contributed by atoms with Crippen molar-refractivity contribution < 1.29 is 26.7 Å². The quantitative estimate of drug-likeness (QED) is 0.0940. The molecule has 0 atom stereocenters. The third kappa shape index (κ3) is 8.39. The van der Waals surface area contributed by atoms with Gasteiger partial charge in [-0.15, -0.1) is 11.8 Å². The molecule has 2 heterocycles. The summed E-state index contributed by atoms with van der Waals surface area (Å²) < 4.78 is 71.3. The minimum Gasteiger partial charge on any atom is -0.337 e. The maximum atomic E-state index is 14.5. The fourth-order valence-electron chi connectivity index (χ4n) is 5.76. The molecule has 0 saturated carbocycles. The standard InChI is InChI=1S/C39H33F5N4O2S/c1-2-46-22-31(45-25-46)18-19-47(21-26-10-12-27(13-11-26)28-14-16-30(17-15-28)39(42,43)44)36(50)23-48-34-9-4-3-7-32(34)35(49)20-37(48)51-24-29-6-5-8-33(40)38(29)41/h3-17,20,22,25H,2,18-19,21,23-24H2,1H3. The fraction of sp³-hybridized carbons (Fsp3) is 0.205. The maximum Gasteiger partial charge on any atom is 0.416 e. The van der Waals surface area contributed by atoms with Gasteiger partial charge in [-0.1, -0.05) is 60.7 Å². The number of halogens is 5. The van der Waals surface area contributed by atoms with Gasteiger partial charge in [-0.25, -0.2) is 13.8 Å². The van der Waals surface area contributed by atoms with Crippen molar-refractivity contribution in [1.82, 2.24) is 19.0 Å². The smallest absolute Gasteiger partial charge is 0.337 e. The number of hydrogen-bond acceptors (Lipinski definition) is 4. The number of thioether (sulfide) groups is 1. The van der Waals surface area contributed by atoms with E-state index in [1.165, 1.54) is 30.3 Å². The van der Waals surface area contributed by atoms with E-state index in [0.29, 0.717) is 34.5 Å². The second-order valence-corrected chi connectivity index (χ2v) is 13.0. The van der Waals surface area contributed by atoms with Gasteiger partial charge < -0.3 is 14.0 Å². The Morgan fingerprint density at radius 1 is 0.902 bits per heavy atom. The first kappa shape index (κ1) is 35.6. The van der Waals surface area contributed by atoms with Crippen molar-refractivity contribution in [3.63, 3.8) is 0 Å². The van der Waals surface area contributed by atoms with E-state index in [9.17, 15) is 31.5 Å². The number of carbonyl (C=O) groups excluding carboxylic acids is 1. The van der Waals surface area contributed by atoms with E-state index < -0.39 is 23.4 Å². The SMILES string of the molecule is CCn1cnc(CCN(Cc2ccc(-c3ccc(C(F)(F)F)cc3)cc2)C(=O)Cn2c(SCc3cccc(F)c3F)cc(=O)c3ccccc32)c1. The van der Waals surface area contributed by atoms with Crippen molar-refractivity contribution in [3.05, 3.63) is 154 Å². The van der Waals surface area contributed by atoms with Gasteiger partial charge in [0.2, 0.25) is 5.91 Å². The van der Waals surface area contributed by atoms with Crippen LogP contribution in [0.25, 0.3) is 22.0 Å². The van der Waals surface area contributed by atoms with E-state index in [-0.39, 0.29) is 35.7 Å². The number of imidazole rings is 1. The lowest BCUT2D eigenvalue weighted by Crippen LogP contribution is -2.35. The molecule has 6 aromatic rings. The number of nitrogens with zero attached hydrogens (tertiary/aromatic N) is 4. The number of aromatic nitrogens is 3. The van der Waals surface area contributed by atoms with Crippen LogP contribution in [0.15, 0.2) is 119 Å². The number of aryl methyl sites for hydroxylation is 1. The van der Waals surface area contributed by atoms with Crippen molar-refractivity contribution in [1.29, 1.82) is 0 Å². The molecule has 262 valence electrons. The molecule has 0 aliphatic carbocycles. The van der Waals surface area contributed by atoms with Gasteiger partial charge in [0, 0.05) is 55.0 Å². The first-order chi connectivity index (χ1) is 24.5. The minimum absolute atomic E-state index is 0.0324. The van der Waals surface area contributed by atoms with Crippen molar-refractivity contribution in [2.75, 3.05) is 6.54 Å². The zero-order chi connectivity index (χ0) is 36.1. The molecule has 6 rings (SSSR count). The highest BCUT2D eigenvalue weighted by atomic mass is 32.2. The lowest BCUT2D eigenvalue weighted by Gasteiger charge is -2.25. The van der Waals surface area contributed by atoms with Crippen LogP contribution in [-0.2, 0) is 42.8 Å². The molecular weight excluding hydrogens is 684 g/mol. The molecule has 0 saturated heterocycles. The summed E-state index contributed by atoms with van der Waals surface area (Å²) in [4.78, 5) is 33.5. The molecule has 4 aromatic carbocycles. The topological polar surface area (TPSA) is 60.1 Å². The number of alkyl halides is 3. The highest BCUT2D eigenvalue weighted by molar-refractivity contribution is 7.98. The predicted octanol–water partition coefficient (Wildman–Crippen LogP) is 8.75. The molecule has 0 radical (unpaired) electrons. The van der Waals surface area contributed by atoms with E-state index in [0.717, 1.165) is 53.3 Å². The molecule has 12 heteroatoms. The van der Waals surface area contributed by atoms with Crippen molar-refractivity contribution >= 4 is 28.6 Å². The van der Waals surface area contributed by atoms with E-state index in [1.54, 1.807) is 52.2 Å². The summed E-state index contributed by atoms with van der Waals surface area (Å²) in [5.41, 5.74) is 2.66. The van der Waals surface area contributed by atoms with E-state index >= 15 is 0 Å². The van der Waals surface area contributed by atoms with Crippen molar-refractivity contribution in [2.45, 2.75) is 49.9 Å². The summed E-state index contributed by atoms with van der Waals surface area (Å²) in [6.07, 6.45) is -0.281. The van der Waals surface area contributed by atoms with Crippen LogP contribution in [0, 0.1) is 11.6 Å². The number of para-hydroxylation sites is 1. The molecule has 6 nitrogen and oxygen atoms in total. The zero-order valence-corrected chi connectivity index (χ0v) is 28.4. The Morgan fingerprint density at radius 3 is 2.29 bits per heavy atom. The van der Waals surface area contributed by atoms with E-state index in [1.807, 2.05) is 29.8 Å². The summed E-state index contributed by atoms with van der Waals surface area (Å²) in [7, 11) is 0. The molecule has 51 heavy (non-hydrogen) atoms. The van der Waals surface area contributed by atoms with Crippen LogP contribution in [0.5, 0.6) is 0 Å². The molecule has 0 bridgehead atoms. The number of rotatable bonds is 12. The summed E-state index contributed by atoms with van der Waals surface area (Å²) in [5.74, 6) is -2.14. The average molecular weight is 717 g/mol. The van der Waals surface area contributed by atoms with Crippen LogP contribution < -0.4 is 5.43 Å². The summed E-state index contributed by atoms with van der Waals surface area (Å²) in [6.45, 7) is 3.18. The van der Waals surface area contributed by atoms with Crippen LogP contribution in [0.1, 0.15) is 29.3 Å². The summed E-state index contributed by atoms with van der Waals surface area (Å²) >= 11 is 1.14. The monoisotopic (exact) mass is 716 g/mol. The predicted molar refractivity (Wildman–Crippen MR) is 188 cm³/mol. The van der Waals surface area contributed by atoms with Crippen LogP contribution in [0.3, 0.4) is 0 Å². The maximum absolute atomic E-state index is 14.5. The summed E-state index contributed by atoms with van der Waals surface area (Å²) in [6, 6.07) is 24.5. The third-order valence-electron chi connectivity index (χ3n) is 8.60. The normalized spacial score (nSPS) is 11.6. The first-order valence-electron chi connectivity index (χ1n) is 16.2. The van der Waals surface area contributed by atoms with Gasteiger partial charge in [-0.05, 0) is 53.9 Å². The number of benzene rings is 4. The Labute approximate surface area is 295 Å². The number of hydrogen-bond donors (Lipinski definition) is 0. The molecule has 0 fully saturated rings. The van der Waals surface area contributed by atoms with Gasteiger partial charge in [-0.2, -0.15) is 13.2 Å². The van der Waals surface area contributed by atoms with Gasteiger partial charge in [0.1, 0.15) is 6.54 Å². The van der Waals surface area contributed by atoms with Crippen LogP contribution in [0.2, 0.25) is 0 Å². The Kier molecular flexibility index (Phi) is 10.7. The van der Waals surface area contributed by atoms with Gasteiger partial charge in [0.25, 0.3) is 0 Å². The Hall–Kier alpha value is -5.23. The lowest BCUT2D eigenvalue weighted by atomic mass is 10.0. The molecule has 0 aliphatic rings. The Balaban J connectivity index is 1.28. The number of amides is 1. The largest absolute Gasteiger partial charge is 0.416 e. The third-order valence-corrected chi connectivity index (χ3v) is 9.69. The number of pyridine rings is 1. The van der Waals surface area contributed by atoms with E-state index in [2.05, 4.69) is 4.98 Å². The molecule has 2 aromatic heterocycles. The zero-order valence-electron chi connectivity index (χ0n) is 27.5. The van der Waals surface area contributed by atoms with E-state index in [4.69, 9.17) is 0 Å². The second-order valence-electron chi connectivity index (χ2n) is 12.0. The van der Waals surface area contributed by atoms with Crippen molar-refractivity contribution in [3.8, 4) is 11.1 Å². The average Bonchev–Trinajstić information content (AvgIpc) is 3.60. The van der Waals surface area contributed by atoms with Crippen LogP contribution in [0.4, 0.5) is 22.0 Å². The van der Waals surface area contributed by atoms with Gasteiger partial charge in [-0.3, -0.25) is 9.59 Å². The van der Waals surface area contributed by atoms with Crippen LogP contribution >= 0.6 is 11.8 Å². The molecule has 0 N–H and O–H groups in total. The highest BCUT2D eigenvalue weighted by Crippen LogP contribution is 2.31. The first-order valence-corrected chi connectivity index (χ1v) is 17.2. The van der Waals surface area contributed by atoms with Crippen molar-refractivity contribution in [2.24, 2.45) is 0 Å². The van der Waals surface area contributed by atoms with Gasteiger partial charge >= 0.3 is 6.18 Å². The molecule has 0 spiro atoms. The number of carbonyl (C=O) groups is 1. The molecule has 0 unspecified atom stereocenters. The van der Waals surface area contributed by atoms with Gasteiger partial charge in [0.05, 0.1) is 28.1 Å². The highest BCUT2D eigenvalue weighted by Gasteiger charge is 2.30. The molecule has 1 amide bonds. The van der Waals surface area contributed by atoms with Crippen LogP contribution in [-0.4, -0.2) is 31.5 Å². The second kappa shape index (κ2) is 15.3. The lowest BCUT2D eigenvalue weighted by molar-refractivity contribution is -0.137. The molecule has 0 aliphatic heterocycles. The Bertz CT molecular complexity index is 2210. The fourth-order valence-corrected chi connectivity index (χ4v) is 6.79. The molecular formula is C39H33F5N4O2S. The van der Waals surface area contributed by atoms with Gasteiger partial charge in [0.15, 0.2) is 17.1 Å². The summed E-state index contributed by atoms with van der Waals surface area (Å²) in [5, 5.41) is 0.848. The Morgan fingerprint density at radius 2 is 1.61 bits per heavy atom. The number of fused-ring (bicyclic) bond motifs is 1.